The van der Waals surface area contributed by atoms with Gasteiger partial charge in [0.05, 0.1) is 7.11 Å². The normalized spacial score (nSPS) is 9.64. The van der Waals surface area contributed by atoms with Crippen LogP contribution in [0.3, 0.4) is 0 Å². The average Bonchev–Trinajstić information content (AvgIpc) is 2.15. The van der Waals surface area contributed by atoms with Crippen LogP contribution >= 0.6 is 11.6 Å². The molecule has 0 aliphatic carbocycles. The van der Waals surface area contributed by atoms with Gasteiger partial charge in [-0.15, -0.1) is 0 Å². The molecule has 0 spiro atoms. The lowest BCUT2D eigenvalue weighted by atomic mass is 10.1. The van der Waals surface area contributed by atoms with Gasteiger partial charge in [-0.1, -0.05) is 12.1 Å². The quantitative estimate of drug-likeness (QED) is 0.726. The standard InChI is InChI=1S/C10H11ClO3/c1-7-3-4-8(6-14-10(11)12)9(5-7)13-2/h3-5H,6H2,1-2H3. The molecular formula is C10H11ClO3. The first-order valence-electron chi connectivity index (χ1n) is 4.09. The van der Waals surface area contributed by atoms with Crippen molar-refractivity contribution in [3.63, 3.8) is 0 Å². The molecule has 1 aromatic carbocycles. The number of carbonyl (C=O) groups excluding carboxylic acids is 1. The fourth-order valence-corrected chi connectivity index (χ4v) is 1.16. The first-order valence-corrected chi connectivity index (χ1v) is 4.47. The Morgan fingerprint density at radius 3 is 2.79 bits per heavy atom. The highest BCUT2D eigenvalue weighted by atomic mass is 35.5. The summed E-state index contributed by atoms with van der Waals surface area (Å²) in [6.07, 6.45) is 0. The van der Waals surface area contributed by atoms with Gasteiger partial charge in [0.15, 0.2) is 0 Å². The number of hydrogen-bond acceptors (Lipinski definition) is 3. The van der Waals surface area contributed by atoms with Crippen LogP contribution in [0.4, 0.5) is 4.79 Å². The number of benzene rings is 1. The molecule has 1 rings (SSSR count). The average molecular weight is 215 g/mol. The van der Waals surface area contributed by atoms with Crippen LogP contribution in [0.15, 0.2) is 18.2 Å². The summed E-state index contributed by atoms with van der Waals surface area (Å²) in [5, 5.41) is 0. The van der Waals surface area contributed by atoms with Crippen LogP contribution in [0.25, 0.3) is 0 Å². The predicted molar refractivity (Wildman–Crippen MR) is 53.8 cm³/mol. The molecule has 0 unspecified atom stereocenters. The number of aryl methyl sites for hydroxylation is 1. The number of rotatable bonds is 3. The molecule has 0 N–H and O–H groups in total. The van der Waals surface area contributed by atoms with Gasteiger partial charge in [0.2, 0.25) is 0 Å². The van der Waals surface area contributed by atoms with Crippen LogP contribution in [0.5, 0.6) is 5.75 Å². The summed E-state index contributed by atoms with van der Waals surface area (Å²) in [4.78, 5) is 10.4. The molecule has 0 atom stereocenters. The van der Waals surface area contributed by atoms with E-state index in [4.69, 9.17) is 16.3 Å². The highest BCUT2D eigenvalue weighted by Crippen LogP contribution is 2.20. The Hall–Kier alpha value is -1.22. The van der Waals surface area contributed by atoms with E-state index in [1.54, 1.807) is 7.11 Å². The van der Waals surface area contributed by atoms with Gasteiger partial charge in [0.1, 0.15) is 12.4 Å². The maximum atomic E-state index is 10.4. The van der Waals surface area contributed by atoms with E-state index in [9.17, 15) is 4.79 Å². The summed E-state index contributed by atoms with van der Waals surface area (Å²) in [5.74, 6) is 0.697. The topological polar surface area (TPSA) is 35.5 Å². The second-order valence-corrected chi connectivity index (χ2v) is 3.15. The molecule has 76 valence electrons. The Morgan fingerprint density at radius 1 is 1.50 bits per heavy atom. The zero-order chi connectivity index (χ0) is 10.6. The molecular weight excluding hydrogens is 204 g/mol. The molecule has 4 heteroatoms. The highest BCUT2D eigenvalue weighted by molar-refractivity contribution is 6.61. The highest BCUT2D eigenvalue weighted by Gasteiger charge is 2.05. The molecule has 0 aliphatic rings. The molecule has 0 amide bonds. The maximum Gasteiger partial charge on any atom is 0.404 e. The molecule has 0 heterocycles. The molecule has 0 aliphatic heterocycles. The van der Waals surface area contributed by atoms with Gasteiger partial charge >= 0.3 is 5.43 Å². The molecule has 0 bridgehead atoms. The maximum absolute atomic E-state index is 10.4. The minimum atomic E-state index is -0.812. The number of hydrogen-bond donors (Lipinski definition) is 0. The second kappa shape index (κ2) is 4.86. The van der Waals surface area contributed by atoms with Crippen molar-refractivity contribution in [3.8, 4) is 5.75 Å². The van der Waals surface area contributed by atoms with Crippen LogP contribution in [0.1, 0.15) is 11.1 Å². The van der Waals surface area contributed by atoms with Gasteiger partial charge in [-0.25, -0.2) is 4.79 Å². The van der Waals surface area contributed by atoms with E-state index >= 15 is 0 Å². The minimum absolute atomic E-state index is 0.131. The van der Waals surface area contributed by atoms with Crippen molar-refractivity contribution in [3.05, 3.63) is 29.3 Å². The van der Waals surface area contributed by atoms with Crippen molar-refractivity contribution in [1.29, 1.82) is 0 Å². The smallest absolute Gasteiger partial charge is 0.404 e. The van der Waals surface area contributed by atoms with Gasteiger partial charge in [0.25, 0.3) is 0 Å². The first-order chi connectivity index (χ1) is 6.63. The number of carbonyl (C=O) groups is 1. The molecule has 1 aromatic rings. The Bertz CT molecular complexity index is 336. The van der Waals surface area contributed by atoms with Crippen molar-refractivity contribution >= 4 is 17.0 Å². The Morgan fingerprint density at radius 2 is 2.21 bits per heavy atom. The Balaban J connectivity index is 2.80. The summed E-state index contributed by atoms with van der Waals surface area (Å²) in [6.45, 7) is 2.09. The number of halogens is 1. The van der Waals surface area contributed by atoms with E-state index in [2.05, 4.69) is 4.74 Å². The summed E-state index contributed by atoms with van der Waals surface area (Å²) in [7, 11) is 1.57. The lowest BCUT2D eigenvalue weighted by Gasteiger charge is -2.08. The summed E-state index contributed by atoms with van der Waals surface area (Å²) in [5.41, 5.74) is 1.07. The zero-order valence-corrected chi connectivity index (χ0v) is 8.80. The van der Waals surface area contributed by atoms with E-state index in [0.717, 1.165) is 11.1 Å². The van der Waals surface area contributed by atoms with E-state index in [-0.39, 0.29) is 6.61 Å². The zero-order valence-electron chi connectivity index (χ0n) is 8.04. The fraction of sp³-hybridized carbons (Fsp3) is 0.300. The largest absolute Gasteiger partial charge is 0.496 e. The number of methoxy groups -OCH3 is 1. The molecule has 0 fully saturated rings. The van der Waals surface area contributed by atoms with Crippen LogP contribution in [-0.4, -0.2) is 12.5 Å². The van der Waals surface area contributed by atoms with Crippen LogP contribution in [-0.2, 0) is 11.3 Å². The minimum Gasteiger partial charge on any atom is -0.496 e. The molecule has 3 nitrogen and oxygen atoms in total. The van der Waals surface area contributed by atoms with E-state index in [1.807, 2.05) is 25.1 Å². The third-order valence-corrected chi connectivity index (χ3v) is 1.89. The van der Waals surface area contributed by atoms with Gasteiger partial charge in [0, 0.05) is 17.2 Å². The van der Waals surface area contributed by atoms with Gasteiger partial charge in [-0.05, 0) is 18.6 Å². The molecule has 0 saturated heterocycles. The molecule has 0 aromatic heterocycles. The van der Waals surface area contributed by atoms with Crippen molar-refractivity contribution in [2.45, 2.75) is 13.5 Å². The summed E-state index contributed by atoms with van der Waals surface area (Å²) >= 11 is 5.05. The second-order valence-electron chi connectivity index (χ2n) is 2.84. The van der Waals surface area contributed by atoms with Gasteiger partial charge in [-0.3, -0.25) is 0 Å². The molecule has 0 radical (unpaired) electrons. The SMILES string of the molecule is COc1cc(C)ccc1COC(=O)Cl. The monoisotopic (exact) mass is 214 g/mol. The van der Waals surface area contributed by atoms with Crippen LogP contribution in [0.2, 0.25) is 0 Å². The summed E-state index contributed by atoms with van der Waals surface area (Å²) < 4.78 is 9.78. The lowest BCUT2D eigenvalue weighted by molar-refractivity contribution is 0.166. The molecule has 0 saturated carbocycles. The van der Waals surface area contributed by atoms with E-state index in [1.165, 1.54) is 0 Å². The predicted octanol–water partition coefficient (Wildman–Crippen LogP) is 2.88. The lowest BCUT2D eigenvalue weighted by Crippen LogP contribution is -1.98. The third kappa shape index (κ3) is 2.92. The van der Waals surface area contributed by atoms with E-state index in [0.29, 0.717) is 5.75 Å². The Kier molecular flexibility index (Phi) is 3.77. The first kappa shape index (κ1) is 10.9. The molecule has 14 heavy (non-hydrogen) atoms. The Labute approximate surface area is 87.6 Å². The number of ether oxygens (including phenoxy) is 2. The van der Waals surface area contributed by atoms with Crippen LogP contribution < -0.4 is 4.74 Å². The van der Waals surface area contributed by atoms with Crippen molar-refractivity contribution in [2.75, 3.05) is 7.11 Å². The van der Waals surface area contributed by atoms with Gasteiger partial charge < -0.3 is 9.47 Å². The third-order valence-electron chi connectivity index (χ3n) is 1.78. The van der Waals surface area contributed by atoms with Crippen molar-refractivity contribution < 1.29 is 14.3 Å². The van der Waals surface area contributed by atoms with Gasteiger partial charge in [-0.2, -0.15) is 0 Å². The van der Waals surface area contributed by atoms with E-state index < -0.39 is 5.43 Å². The fourth-order valence-electron chi connectivity index (χ4n) is 1.11. The summed E-state index contributed by atoms with van der Waals surface area (Å²) in [6, 6.07) is 5.63. The van der Waals surface area contributed by atoms with Crippen molar-refractivity contribution in [2.24, 2.45) is 0 Å². The van der Waals surface area contributed by atoms with Crippen LogP contribution in [0, 0.1) is 6.92 Å². The van der Waals surface area contributed by atoms with Crippen molar-refractivity contribution in [1.82, 2.24) is 0 Å².